The lowest BCUT2D eigenvalue weighted by Crippen LogP contribution is -2.43. The van der Waals surface area contributed by atoms with E-state index < -0.39 is 0 Å². The largest absolute Gasteiger partial charge is 0.455 e. The summed E-state index contributed by atoms with van der Waals surface area (Å²) in [5.41, 5.74) is -0.313. The molecule has 2 aliphatic rings. The Bertz CT molecular complexity index is 762. The number of ether oxygens (including phenoxy) is 1. The SMILES string of the molecule is O=C(c1ccc(CSc2ccccc2)o1)N1C[C@@H]2CCOC[C@]2(CO)C1. The molecule has 0 aliphatic carbocycles. The van der Waals surface area contributed by atoms with Crippen molar-refractivity contribution >= 4 is 17.7 Å². The molecule has 0 spiro atoms. The van der Waals surface area contributed by atoms with Crippen LogP contribution in [-0.4, -0.2) is 48.8 Å². The highest BCUT2D eigenvalue weighted by Crippen LogP contribution is 2.41. The maximum atomic E-state index is 12.8. The summed E-state index contributed by atoms with van der Waals surface area (Å²) in [5.74, 6) is 2.06. The van der Waals surface area contributed by atoms with Gasteiger partial charge in [-0.3, -0.25) is 4.79 Å². The lowest BCUT2D eigenvalue weighted by Gasteiger charge is -2.36. The predicted octanol–water partition coefficient (Wildman–Crippen LogP) is 3.04. The number of amides is 1. The van der Waals surface area contributed by atoms with Gasteiger partial charge >= 0.3 is 0 Å². The van der Waals surface area contributed by atoms with Crippen LogP contribution in [0.3, 0.4) is 0 Å². The molecule has 2 aromatic rings. The number of hydrogen-bond acceptors (Lipinski definition) is 5. The van der Waals surface area contributed by atoms with E-state index in [0.717, 1.165) is 12.2 Å². The predicted molar refractivity (Wildman–Crippen MR) is 99.1 cm³/mol. The lowest BCUT2D eigenvalue weighted by atomic mass is 9.76. The molecule has 5 nitrogen and oxygen atoms in total. The van der Waals surface area contributed by atoms with E-state index in [2.05, 4.69) is 12.1 Å². The van der Waals surface area contributed by atoms with E-state index in [1.807, 2.05) is 29.2 Å². The second kappa shape index (κ2) is 7.47. The minimum absolute atomic E-state index is 0.0541. The normalized spacial score (nSPS) is 25.3. The number of carbonyl (C=O) groups excluding carboxylic acids is 1. The Morgan fingerprint density at radius 1 is 1.27 bits per heavy atom. The van der Waals surface area contributed by atoms with Crippen molar-refractivity contribution in [1.29, 1.82) is 0 Å². The van der Waals surface area contributed by atoms with E-state index in [9.17, 15) is 9.90 Å². The Morgan fingerprint density at radius 3 is 2.88 bits per heavy atom. The molecule has 0 bridgehead atoms. The third kappa shape index (κ3) is 3.41. The molecule has 1 N–H and O–H groups in total. The van der Waals surface area contributed by atoms with Crippen molar-refractivity contribution in [2.75, 3.05) is 32.9 Å². The highest BCUT2D eigenvalue weighted by molar-refractivity contribution is 7.98. The number of fused-ring (bicyclic) bond motifs is 1. The number of rotatable bonds is 5. The van der Waals surface area contributed by atoms with Gasteiger partial charge in [-0.2, -0.15) is 0 Å². The van der Waals surface area contributed by atoms with Crippen molar-refractivity contribution in [3.05, 3.63) is 54.0 Å². The number of furan rings is 1. The van der Waals surface area contributed by atoms with Gasteiger partial charge in [0.25, 0.3) is 5.91 Å². The summed E-state index contributed by atoms with van der Waals surface area (Å²) < 4.78 is 11.4. The molecule has 2 atom stereocenters. The maximum absolute atomic E-state index is 12.8. The first-order valence-electron chi connectivity index (χ1n) is 8.95. The highest BCUT2D eigenvalue weighted by Gasteiger charge is 2.49. The first-order chi connectivity index (χ1) is 12.7. The summed E-state index contributed by atoms with van der Waals surface area (Å²) in [6.07, 6.45) is 0.890. The van der Waals surface area contributed by atoms with Crippen molar-refractivity contribution in [1.82, 2.24) is 4.90 Å². The Morgan fingerprint density at radius 2 is 2.12 bits per heavy atom. The third-order valence-corrected chi connectivity index (χ3v) is 6.45. The number of likely N-dealkylation sites (tertiary alicyclic amines) is 1. The molecule has 1 aromatic carbocycles. The first kappa shape index (κ1) is 17.6. The fourth-order valence-electron chi connectivity index (χ4n) is 3.87. The summed E-state index contributed by atoms with van der Waals surface area (Å²) in [7, 11) is 0. The van der Waals surface area contributed by atoms with Crippen LogP contribution < -0.4 is 0 Å². The number of benzene rings is 1. The number of carbonyl (C=O) groups is 1. The highest BCUT2D eigenvalue weighted by atomic mass is 32.2. The Balaban J connectivity index is 1.40. The molecule has 26 heavy (non-hydrogen) atoms. The van der Waals surface area contributed by atoms with Gasteiger partial charge in [0.1, 0.15) is 5.76 Å². The second-order valence-corrected chi connectivity index (χ2v) is 8.16. The van der Waals surface area contributed by atoms with Crippen LogP contribution in [0.25, 0.3) is 0 Å². The van der Waals surface area contributed by atoms with Gasteiger partial charge < -0.3 is 19.2 Å². The molecule has 2 fully saturated rings. The average Bonchev–Trinajstić information content (AvgIpc) is 3.31. The van der Waals surface area contributed by atoms with Crippen molar-refractivity contribution in [2.45, 2.75) is 17.1 Å². The smallest absolute Gasteiger partial charge is 0.289 e. The molecular weight excluding hydrogens is 350 g/mol. The number of nitrogens with zero attached hydrogens (tertiary/aromatic N) is 1. The van der Waals surface area contributed by atoms with Gasteiger partial charge in [0.15, 0.2) is 5.76 Å². The molecule has 4 rings (SSSR count). The molecule has 2 saturated heterocycles. The summed E-state index contributed by atoms with van der Waals surface area (Å²) >= 11 is 1.68. The molecule has 138 valence electrons. The van der Waals surface area contributed by atoms with Gasteiger partial charge in [0.05, 0.1) is 19.0 Å². The van der Waals surface area contributed by atoms with Crippen molar-refractivity contribution in [3.63, 3.8) is 0 Å². The van der Waals surface area contributed by atoms with Crippen LogP contribution in [0, 0.1) is 11.3 Å². The number of aliphatic hydroxyl groups excluding tert-OH is 1. The molecule has 0 saturated carbocycles. The molecule has 2 aliphatic heterocycles. The number of thioether (sulfide) groups is 1. The van der Waals surface area contributed by atoms with Gasteiger partial charge in [0.2, 0.25) is 0 Å². The average molecular weight is 373 g/mol. The molecule has 3 heterocycles. The van der Waals surface area contributed by atoms with Crippen molar-refractivity contribution < 1.29 is 19.1 Å². The fraction of sp³-hybridized carbons (Fsp3) is 0.450. The minimum atomic E-state index is -0.313. The Hall–Kier alpha value is -1.76. The van der Waals surface area contributed by atoms with E-state index in [1.54, 1.807) is 17.8 Å². The van der Waals surface area contributed by atoms with Crippen LogP contribution in [0.2, 0.25) is 0 Å². The van der Waals surface area contributed by atoms with E-state index in [4.69, 9.17) is 9.15 Å². The van der Waals surface area contributed by atoms with Crippen LogP contribution >= 0.6 is 11.8 Å². The maximum Gasteiger partial charge on any atom is 0.289 e. The zero-order valence-electron chi connectivity index (χ0n) is 14.6. The van der Waals surface area contributed by atoms with E-state index >= 15 is 0 Å². The molecule has 0 unspecified atom stereocenters. The van der Waals surface area contributed by atoms with Crippen LogP contribution in [-0.2, 0) is 10.5 Å². The van der Waals surface area contributed by atoms with Gasteiger partial charge in [-0.15, -0.1) is 11.8 Å². The zero-order valence-corrected chi connectivity index (χ0v) is 15.4. The van der Waals surface area contributed by atoms with Crippen molar-refractivity contribution in [2.24, 2.45) is 11.3 Å². The Kier molecular flexibility index (Phi) is 5.07. The fourth-order valence-corrected chi connectivity index (χ4v) is 4.69. The van der Waals surface area contributed by atoms with Gasteiger partial charge in [-0.25, -0.2) is 0 Å². The van der Waals surface area contributed by atoms with Gasteiger partial charge in [0, 0.05) is 30.0 Å². The van der Waals surface area contributed by atoms with Crippen LogP contribution in [0.1, 0.15) is 22.7 Å². The van der Waals surface area contributed by atoms with Crippen LogP contribution in [0.15, 0.2) is 51.8 Å². The van der Waals surface area contributed by atoms with E-state index in [1.165, 1.54) is 4.90 Å². The quantitative estimate of drug-likeness (QED) is 0.816. The van der Waals surface area contributed by atoms with Crippen LogP contribution in [0.4, 0.5) is 0 Å². The van der Waals surface area contributed by atoms with Crippen molar-refractivity contribution in [3.8, 4) is 0 Å². The first-order valence-corrected chi connectivity index (χ1v) is 9.93. The topological polar surface area (TPSA) is 62.9 Å². The minimum Gasteiger partial charge on any atom is -0.455 e. The zero-order chi connectivity index (χ0) is 18.0. The molecule has 1 amide bonds. The van der Waals surface area contributed by atoms with Crippen LogP contribution in [0.5, 0.6) is 0 Å². The number of aliphatic hydroxyl groups is 1. The van der Waals surface area contributed by atoms with E-state index in [-0.39, 0.29) is 17.9 Å². The molecule has 6 heteroatoms. The van der Waals surface area contributed by atoms with Gasteiger partial charge in [-0.1, -0.05) is 18.2 Å². The summed E-state index contributed by atoms with van der Waals surface area (Å²) in [4.78, 5) is 15.8. The summed E-state index contributed by atoms with van der Waals surface area (Å²) in [5, 5.41) is 9.86. The van der Waals surface area contributed by atoms with Gasteiger partial charge in [-0.05, 0) is 36.6 Å². The molecule has 1 aromatic heterocycles. The second-order valence-electron chi connectivity index (χ2n) is 7.11. The number of hydrogen-bond donors (Lipinski definition) is 1. The molecule has 0 radical (unpaired) electrons. The standard InChI is InChI=1S/C20H23NO4S/c22-13-20-12-21(10-15(20)8-9-24-14-20)19(23)18-7-6-16(25-18)11-26-17-4-2-1-3-5-17/h1-7,15,22H,8-14H2/t15-,20+/m0/s1. The third-order valence-electron chi connectivity index (χ3n) is 5.41. The summed E-state index contributed by atoms with van der Waals surface area (Å²) in [6, 6.07) is 13.8. The van der Waals surface area contributed by atoms with E-state index in [0.29, 0.717) is 43.7 Å². The monoisotopic (exact) mass is 373 g/mol. The summed E-state index contributed by atoms with van der Waals surface area (Å²) in [6.45, 7) is 2.48. The lowest BCUT2D eigenvalue weighted by molar-refractivity contribution is -0.0557. The molecular formula is C20H23NO4S. The Labute approximate surface area is 157 Å².